The van der Waals surface area contributed by atoms with Crippen molar-refractivity contribution >= 4 is 5.82 Å². The Morgan fingerprint density at radius 1 is 1.33 bits per heavy atom. The van der Waals surface area contributed by atoms with E-state index in [-0.39, 0.29) is 5.75 Å². The van der Waals surface area contributed by atoms with Crippen molar-refractivity contribution in [3.05, 3.63) is 30.5 Å². The number of phenolic OH excluding ortho intramolecular Hbond substituents is 1. The summed E-state index contributed by atoms with van der Waals surface area (Å²) in [6, 6.07) is 6.89. The van der Waals surface area contributed by atoms with Gasteiger partial charge in [0.15, 0.2) is 17.3 Å². The second-order valence-electron chi connectivity index (χ2n) is 3.68. The minimum atomic E-state index is 0.0763. The van der Waals surface area contributed by atoms with Gasteiger partial charge in [-0.15, -0.1) is 0 Å². The Balaban J connectivity index is 2.36. The molecule has 5 heteroatoms. The number of hydrogen-bond donors (Lipinski definition) is 2. The fraction of sp³-hybridized carbons (Fsp3) is 0.231. The molecule has 0 fully saturated rings. The molecule has 94 valence electrons. The number of nitrogens with one attached hydrogen (secondary N) is 1. The highest BCUT2D eigenvalue weighted by Crippen LogP contribution is 2.30. The van der Waals surface area contributed by atoms with Crippen LogP contribution < -0.4 is 10.1 Å². The molecule has 0 aliphatic carbocycles. The van der Waals surface area contributed by atoms with Crippen LogP contribution in [0.5, 0.6) is 11.5 Å². The van der Waals surface area contributed by atoms with Gasteiger partial charge in [-0.05, 0) is 31.2 Å². The lowest BCUT2D eigenvalue weighted by atomic mass is 10.2. The molecule has 1 aromatic carbocycles. The maximum absolute atomic E-state index is 9.73. The van der Waals surface area contributed by atoms with Crippen molar-refractivity contribution in [3.63, 3.8) is 0 Å². The van der Waals surface area contributed by atoms with Gasteiger partial charge in [0.05, 0.1) is 7.11 Å². The molecule has 2 N–H and O–H groups in total. The standard InChI is InChI=1S/C13H15N3O2/c1-3-14-12-6-7-15-13(16-12)9-4-5-11(18-2)10(17)8-9/h4-8,17H,3H2,1-2H3,(H,14,15,16). The van der Waals surface area contributed by atoms with Crippen LogP contribution in [-0.2, 0) is 0 Å². The SMILES string of the molecule is CCNc1ccnc(-c2ccc(OC)c(O)c2)n1. The summed E-state index contributed by atoms with van der Waals surface area (Å²) in [5.74, 6) is 1.83. The number of nitrogens with zero attached hydrogens (tertiary/aromatic N) is 2. The number of ether oxygens (including phenoxy) is 1. The van der Waals surface area contributed by atoms with E-state index in [2.05, 4.69) is 15.3 Å². The number of aromatic hydroxyl groups is 1. The van der Waals surface area contributed by atoms with Crippen molar-refractivity contribution in [2.24, 2.45) is 0 Å². The van der Waals surface area contributed by atoms with E-state index in [9.17, 15) is 5.11 Å². The summed E-state index contributed by atoms with van der Waals surface area (Å²) in [5.41, 5.74) is 0.744. The van der Waals surface area contributed by atoms with Crippen LogP contribution in [0.25, 0.3) is 11.4 Å². The first-order valence-corrected chi connectivity index (χ1v) is 5.69. The van der Waals surface area contributed by atoms with E-state index in [0.717, 1.165) is 17.9 Å². The van der Waals surface area contributed by atoms with Gasteiger partial charge in [-0.25, -0.2) is 9.97 Å². The summed E-state index contributed by atoms with van der Waals surface area (Å²) in [6.07, 6.45) is 1.68. The third-order valence-electron chi connectivity index (χ3n) is 2.45. The van der Waals surface area contributed by atoms with Gasteiger partial charge in [-0.3, -0.25) is 0 Å². The number of hydrogen-bond acceptors (Lipinski definition) is 5. The summed E-state index contributed by atoms with van der Waals surface area (Å²) in [4.78, 5) is 8.54. The minimum absolute atomic E-state index is 0.0763. The van der Waals surface area contributed by atoms with E-state index < -0.39 is 0 Å². The van der Waals surface area contributed by atoms with Crippen LogP contribution >= 0.6 is 0 Å². The van der Waals surface area contributed by atoms with Crippen LogP contribution in [0, 0.1) is 0 Å². The number of benzene rings is 1. The van der Waals surface area contributed by atoms with Gasteiger partial charge in [-0.1, -0.05) is 0 Å². The van der Waals surface area contributed by atoms with Crippen LogP contribution in [0.2, 0.25) is 0 Å². The van der Waals surface area contributed by atoms with Crippen molar-refractivity contribution in [1.82, 2.24) is 9.97 Å². The number of methoxy groups -OCH3 is 1. The van der Waals surface area contributed by atoms with Crippen molar-refractivity contribution < 1.29 is 9.84 Å². The van der Waals surface area contributed by atoms with E-state index in [1.54, 1.807) is 24.4 Å². The van der Waals surface area contributed by atoms with Crippen LogP contribution in [0.1, 0.15) is 6.92 Å². The van der Waals surface area contributed by atoms with Gasteiger partial charge in [0.2, 0.25) is 0 Å². The lowest BCUT2D eigenvalue weighted by molar-refractivity contribution is 0.373. The third kappa shape index (κ3) is 2.51. The quantitative estimate of drug-likeness (QED) is 0.865. The Bertz CT molecular complexity index is 544. The third-order valence-corrected chi connectivity index (χ3v) is 2.45. The second kappa shape index (κ2) is 5.35. The first kappa shape index (κ1) is 12.2. The Morgan fingerprint density at radius 3 is 2.83 bits per heavy atom. The maximum Gasteiger partial charge on any atom is 0.161 e. The predicted octanol–water partition coefficient (Wildman–Crippen LogP) is 2.29. The Labute approximate surface area is 105 Å². The largest absolute Gasteiger partial charge is 0.504 e. The molecule has 0 atom stereocenters. The monoisotopic (exact) mass is 245 g/mol. The van der Waals surface area contributed by atoms with Gasteiger partial charge in [0, 0.05) is 18.3 Å². The molecule has 18 heavy (non-hydrogen) atoms. The molecule has 0 saturated carbocycles. The van der Waals surface area contributed by atoms with Crippen molar-refractivity contribution in [3.8, 4) is 22.9 Å². The predicted molar refractivity (Wildman–Crippen MR) is 69.8 cm³/mol. The topological polar surface area (TPSA) is 67.3 Å². The lowest BCUT2D eigenvalue weighted by Crippen LogP contribution is -2.00. The van der Waals surface area contributed by atoms with Crippen molar-refractivity contribution in [2.75, 3.05) is 19.0 Å². The second-order valence-corrected chi connectivity index (χ2v) is 3.68. The molecule has 0 bridgehead atoms. The minimum Gasteiger partial charge on any atom is -0.504 e. The van der Waals surface area contributed by atoms with Crippen LogP contribution in [-0.4, -0.2) is 28.7 Å². The summed E-state index contributed by atoms with van der Waals surface area (Å²) in [7, 11) is 1.51. The van der Waals surface area contributed by atoms with Crippen molar-refractivity contribution in [2.45, 2.75) is 6.92 Å². The molecule has 2 aromatic rings. The molecule has 0 saturated heterocycles. The van der Waals surface area contributed by atoms with Gasteiger partial charge >= 0.3 is 0 Å². The van der Waals surface area contributed by atoms with Crippen molar-refractivity contribution in [1.29, 1.82) is 0 Å². The van der Waals surface area contributed by atoms with Crippen LogP contribution in [0.3, 0.4) is 0 Å². The number of aromatic nitrogens is 2. The zero-order valence-electron chi connectivity index (χ0n) is 10.3. The first-order chi connectivity index (χ1) is 8.74. The molecule has 0 amide bonds. The Morgan fingerprint density at radius 2 is 2.17 bits per heavy atom. The van der Waals surface area contributed by atoms with Gasteiger partial charge in [0.1, 0.15) is 5.82 Å². The fourth-order valence-corrected chi connectivity index (χ4v) is 1.61. The average Bonchev–Trinajstić information content (AvgIpc) is 2.39. The average molecular weight is 245 g/mol. The highest BCUT2D eigenvalue weighted by molar-refractivity contribution is 5.61. The summed E-state index contributed by atoms with van der Waals surface area (Å²) < 4.78 is 4.99. The molecule has 0 aliphatic heterocycles. The van der Waals surface area contributed by atoms with Crippen LogP contribution in [0.4, 0.5) is 5.82 Å². The zero-order chi connectivity index (χ0) is 13.0. The zero-order valence-corrected chi connectivity index (χ0v) is 10.3. The van der Waals surface area contributed by atoms with E-state index in [1.807, 2.05) is 13.0 Å². The number of phenols is 1. The van der Waals surface area contributed by atoms with Gasteiger partial charge in [0.25, 0.3) is 0 Å². The Hall–Kier alpha value is -2.30. The molecule has 5 nitrogen and oxygen atoms in total. The highest BCUT2D eigenvalue weighted by atomic mass is 16.5. The number of rotatable bonds is 4. The molecule has 1 aromatic heterocycles. The summed E-state index contributed by atoms with van der Waals surface area (Å²) >= 11 is 0. The molecular formula is C13H15N3O2. The van der Waals surface area contributed by atoms with E-state index in [1.165, 1.54) is 7.11 Å². The molecular weight excluding hydrogens is 230 g/mol. The molecule has 0 aliphatic rings. The normalized spacial score (nSPS) is 10.1. The maximum atomic E-state index is 9.73. The molecule has 0 unspecified atom stereocenters. The fourth-order valence-electron chi connectivity index (χ4n) is 1.61. The van der Waals surface area contributed by atoms with E-state index >= 15 is 0 Å². The molecule has 0 spiro atoms. The van der Waals surface area contributed by atoms with E-state index in [4.69, 9.17) is 4.74 Å². The van der Waals surface area contributed by atoms with Crippen LogP contribution in [0.15, 0.2) is 30.5 Å². The molecule has 1 heterocycles. The highest BCUT2D eigenvalue weighted by Gasteiger charge is 2.07. The van der Waals surface area contributed by atoms with E-state index in [0.29, 0.717) is 11.6 Å². The number of anilines is 1. The molecule has 0 radical (unpaired) electrons. The first-order valence-electron chi connectivity index (χ1n) is 5.69. The van der Waals surface area contributed by atoms with Gasteiger partial charge < -0.3 is 15.2 Å². The smallest absolute Gasteiger partial charge is 0.161 e. The van der Waals surface area contributed by atoms with Gasteiger partial charge in [-0.2, -0.15) is 0 Å². The Kier molecular flexibility index (Phi) is 3.62. The summed E-state index contributed by atoms with van der Waals surface area (Å²) in [5, 5.41) is 12.8. The summed E-state index contributed by atoms with van der Waals surface area (Å²) in [6.45, 7) is 2.80. The lowest BCUT2D eigenvalue weighted by Gasteiger charge is -2.07. The molecule has 2 rings (SSSR count).